The molecule has 4 rings (SSSR count). The fraction of sp³-hybridized carbons (Fsp3) is 0.412. The van der Waals surface area contributed by atoms with Crippen LogP contribution in [-0.2, 0) is 0 Å². The number of nitrogens with one attached hydrogen (secondary N) is 2. The summed E-state index contributed by atoms with van der Waals surface area (Å²) in [6, 6.07) is 4.59. The summed E-state index contributed by atoms with van der Waals surface area (Å²) in [5.74, 6) is 1.66. The van der Waals surface area contributed by atoms with Crippen molar-refractivity contribution >= 4 is 22.8 Å². The number of nitrogens with zero attached hydrogens (tertiary/aromatic N) is 6. The van der Waals surface area contributed by atoms with Crippen LogP contribution in [0.4, 0.5) is 11.8 Å². The van der Waals surface area contributed by atoms with Crippen LogP contribution >= 0.6 is 0 Å². The second-order valence-electron chi connectivity index (χ2n) is 6.61. The lowest BCUT2D eigenvalue weighted by Crippen LogP contribution is -2.49. The molecule has 130 valence electrons. The highest BCUT2D eigenvalue weighted by molar-refractivity contribution is 5.89. The van der Waals surface area contributed by atoms with Crippen LogP contribution in [0, 0.1) is 0 Å². The predicted molar refractivity (Wildman–Crippen MR) is 98.9 cm³/mol. The van der Waals surface area contributed by atoms with Crippen LogP contribution in [0.5, 0.6) is 0 Å². The lowest BCUT2D eigenvalue weighted by molar-refractivity contribution is 0.482. The summed E-state index contributed by atoms with van der Waals surface area (Å²) in [5, 5.41) is 10.9. The minimum absolute atomic E-state index is 0.478. The van der Waals surface area contributed by atoms with Gasteiger partial charge in [-0.05, 0) is 19.1 Å². The summed E-state index contributed by atoms with van der Waals surface area (Å²) in [7, 11) is 3.84. The van der Waals surface area contributed by atoms with Crippen molar-refractivity contribution in [3.05, 3.63) is 24.5 Å². The van der Waals surface area contributed by atoms with Gasteiger partial charge < -0.3 is 15.1 Å². The molecule has 1 fully saturated rings. The molecule has 8 heteroatoms. The molecule has 4 heterocycles. The fourth-order valence-corrected chi connectivity index (χ4v) is 3.07. The number of rotatable bonds is 3. The number of aromatic nitrogens is 5. The molecule has 1 aliphatic rings. The molecule has 2 N–H and O–H groups in total. The van der Waals surface area contributed by atoms with Gasteiger partial charge in [-0.3, -0.25) is 5.10 Å². The van der Waals surface area contributed by atoms with E-state index >= 15 is 0 Å². The lowest BCUT2D eigenvalue weighted by atomic mass is 10.2. The van der Waals surface area contributed by atoms with Crippen LogP contribution in [0.3, 0.4) is 0 Å². The van der Waals surface area contributed by atoms with Crippen LogP contribution in [0.15, 0.2) is 24.5 Å². The van der Waals surface area contributed by atoms with Gasteiger partial charge in [0.1, 0.15) is 22.5 Å². The molecule has 3 aromatic rings. The summed E-state index contributed by atoms with van der Waals surface area (Å²) >= 11 is 0. The first kappa shape index (κ1) is 15.8. The molecule has 8 nitrogen and oxygen atoms in total. The monoisotopic (exact) mass is 338 g/mol. The van der Waals surface area contributed by atoms with Gasteiger partial charge in [-0.1, -0.05) is 0 Å². The largest absolute Gasteiger partial charge is 0.354 e. The number of anilines is 2. The van der Waals surface area contributed by atoms with E-state index in [1.807, 2.05) is 25.2 Å². The minimum Gasteiger partial charge on any atom is -0.354 e. The van der Waals surface area contributed by atoms with Gasteiger partial charge in [0.05, 0.1) is 6.20 Å². The van der Waals surface area contributed by atoms with E-state index in [0.717, 1.165) is 47.7 Å². The quantitative estimate of drug-likeness (QED) is 0.744. The number of hydrogen-bond donors (Lipinski definition) is 2. The van der Waals surface area contributed by atoms with Crippen molar-refractivity contribution < 1.29 is 0 Å². The normalized spacial score (nSPS) is 17.9. The Morgan fingerprint density at radius 2 is 2.08 bits per heavy atom. The number of aromatic amines is 1. The van der Waals surface area contributed by atoms with E-state index in [0.29, 0.717) is 12.0 Å². The van der Waals surface area contributed by atoms with Gasteiger partial charge >= 0.3 is 0 Å². The van der Waals surface area contributed by atoms with Crippen LogP contribution in [0.1, 0.15) is 6.92 Å². The molecule has 25 heavy (non-hydrogen) atoms. The van der Waals surface area contributed by atoms with E-state index < -0.39 is 0 Å². The van der Waals surface area contributed by atoms with Gasteiger partial charge in [0.15, 0.2) is 0 Å². The lowest BCUT2D eigenvalue weighted by Gasteiger charge is -2.32. The van der Waals surface area contributed by atoms with Crippen LogP contribution in [-0.4, -0.2) is 64.9 Å². The molecule has 1 aliphatic heterocycles. The number of pyridine rings is 1. The SMILES string of the molecule is C[C@@H]1CN(c2ccc(-c3n[nH]c4cnc(N(C)C)nc34)cn2)CCN1. The summed E-state index contributed by atoms with van der Waals surface area (Å²) in [4.78, 5) is 17.8. The molecule has 1 saturated heterocycles. The minimum atomic E-state index is 0.478. The first-order valence-electron chi connectivity index (χ1n) is 8.45. The Kier molecular flexibility index (Phi) is 3.96. The second kappa shape index (κ2) is 6.29. The van der Waals surface area contributed by atoms with Crippen molar-refractivity contribution in [3.63, 3.8) is 0 Å². The van der Waals surface area contributed by atoms with E-state index in [1.54, 1.807) is 6.20 Å². The van der Waals surface area contributed by atoms with Crippen molar-refractivity contribution in [2.75, 3.05) is 43.5 Å². The summed E-state index contributed by atoms with van der Waals surface area (Å²) in [5.41, 5.74) is 3.37. The highest BCUT2D eigenvalue weighted by atomic mass is 15.2. The van der Waals surface area contributed by atoms with E-state index in [1.165, 1.54) is 0 Å². The first-order valence-corrected chi connectivity index (χ1v) is 8.45. The molecule has 0 bridgehead atoms. The Morgan fingerprint density at radius 3 is 2.80 bits per heavy atom. The van der Waals surface area contributed by atoms with Crippen molar-refractivity contribution in [3.8, 4) is 11.3 Å². The summed E-state index contributed by atoms with van der Waals surface area (Å²) < 4.78 is 0. The third kappa shape index (κ3) is 3.00. The van der Waals surface area contributed by atoms with Gasteiger partial charge in [0, 0.05) is 51.5 Å². The van der Waals surface area contributed by atoms with Crippen LogP contribution in [0.2, 0.25) is 0 Å². The Labute approximate surface area is 146 Å². The van der Waals surface area contributed by atoms with Crippen LogP contribution < -0.4 is 15.1 Å². The van der Waals surface area contributed by atoms with Crippen LogP contribution in [0.25, 0.3) is 22.3 Å². The fourth-order valence-electron chi connectivity index (χ4n) is 3.07. The maximum absolute atomic E-state index is 4.65. The molecular weight excluding hydrogens is 316 g/mol. The third-order valence-electron chi connectivity index (χ3n) is 4.40. The standard InChI is InChI=1S/C17H22N8/c1-11-10-25(7-6-18-11)14-5-4-12(8-19-14)15-16-13(22-23-15)9-20-17(21-16)24(2)3/h4-5,8-9,11,18H,6-7,10H2,1-3H3,(H,22,23)/t11-/m1/s1. The van der Waals surface area contributed by atoms with Gasteiger partial charge in [-0.25, -0.2) is 15.0 Å². The molecule has 0 radical (unpaired) electrons. The molecule has 3 aromatic heterocycles. The summed E-state index contributed by atoms with van der Waals surface area (Å²) in [6.45, 7) is 5.12. The molecule has 0 aromatic carbocycles. The maximum atomic E-state index is 4.65. The summed E-state index contributed by atoms with van der Waals surface area (Å²) in [6.07, 6.45) is 3.63. The molecule has 0 spiro atoms. The molecule has 0 saturated carbocycles. The molecule has 1 atom stereocenters. The van der Waals surface area contributed by atoms with E-state index in [9.17, 15) is 0 Å². The molecule has 0 amide bonds. The molecule has 0 aliphatic carbocycles. The Hall–Kier alpha value is -2.74. The smallest absolute Gasteiger partial charge is 0.225 e. The first-order chi connectivity index (χ1) is 12.1. The number of H-pyrrole nitrogens is 1. The Morgan fingerprint density at radius 1 is 1.20 bits per heavy atom. The van der Waals surface area contributed by atoms with Gasteiger partial charge in [0.25, 0.3) is 0 Å². The highest BCUT2D eigenvalue weighted by Gasteiger charge is 2.18. The van der Waals surface area contributed by atoms with E-state index in [2.05, 4.69) is 54.4 Å². The number of piperazine rings is 1. The average molecular weight is 338 g/mol. The zero-order valence-corrected chi connectivity index (χ0v) is 14.7. The average Bonchev–Trinajstić information content (AvgIpc) is 3.05. The zero-order valence-electron chi connectivity index (χ0n) is 14.7. The number of hydrogen-bond acceptors (Lipinski definition) is 7. The van der Waals surface area contributed by atoms with Gasteiger partial charge in [-0.15, -0.1) is 0 Å². The molecular formula is C17H22N8. The van der Waals surface area contributed by atoms with Gasteiger partial charge in [0.2, 0.25) is 5.95 Å². The van der Waals surface area contributed by atoms with E-state index in [4.69, 9.17) is 0 Å². The highest BCUT2D eigenvalue weighted by Crippen LogP contribution is 2.26. The van der Waals surface area contributed by atoms with Gasteiger partial charge in [-0.2, -0.15) is 5.10 Å². The Balaban J connectivity index is 1.66. The number of fused-ring (bicyclic) bond motifs is 1. The Bertz CT molecular complexity index is 870. The topological polar surface area (TPSA) is 85.9 Å². The maximum Gasteiger partial charge on any atom is 0.225 e. The van der Waals surface area contributed by atoms with Crippen molar-refractivity contribution in [1.82, 2.24) is 30.5 Å². The molecule has 0 unspecified atom stereocenters. The second-order valence-corrected chi connectivity index (χ2v) is 6.61. The van der Waals surface area contributed by atoms with Crippen molar-refractivity contribution in [1.29, 1.82) is 0 Å². The van der Waals surface area contributed by atoms with E-state index in [-0.39, 0.29) is 0 Å². The zero-order chi connectivity index (χ0) is 17.4. The predicted octanol–water partition coefficient (Wildman–Crippen LogP) is 1.28. The van der Waals surface area contributed by atoms with Crippen molar-refractivity contribution in [2.45, 2.75) is 13.0 Å². The van der Waals surface area contributed by atoms with Crippen molar-refractivity contribution in [2.24, 2.45) is 0 Å². The third-order valence-corrected chi connectivity index (χ3v) is 4.40.